The van der Waals surface area contributed by atoms with Crippen LogP contribution >= 0.6 is 0 Å². The SMILES string of the molecule is CC(C)C[C@H](NC(=O)Cc1ccccc1)[C@@H](O)CC(=O)N[C@H](C(=O)N[C@H](C(=O)N[C@@H](C)C(=O)N[C@@H](CCC(=O)O)C(=O)N[C@@H](Cc1ccccc1)C(=O)O)C(C)C)C(C)C. The van der Waals surface area contributed by atoms with Crippen molar-refractivity contribution < 1.29 is 53.7 Å². The van der Waals surface area contributed by atoms with Crippen molar-refractivity contribution in [2.24, 2.45) is 17.8 Å². The van der Waals surface area contributed by atoms with Crippen molar-refractivity contribution in [3.63, 3.8) is 0 Å². The van der Waals surface area contributed by atoms with Gasteiger partial charge in [-0.1, -0.05) is 102 Å². The third kappa shape index (κ3) is 18.0. The first-order chi connectivity index (χ1) is 28.2. The minimum atomic E-state index is -1.47. The molecule has 17 nitrogen and oxygen atoms in total. The third-order valence-corrected chi connectivity index (χ3v) is 9.58. The van der Waals surface area contributed by atoms with E-state index in [1.165, 1.54) is 6.92 Å². The number of aliphatic hydroxyl groups is 1. The number of carboxylic acid groups (broad SMARTS) is 2. The molecule has 6 amide bonds. The van der Waals surface area contributed by atoms with E-state index in [0.29, 0.717) is 12.0 Å². The molecular formula is C43H62N6O11. The molecule has 9 N–H and O–H groups in total. The maximum atomic E-state index is 13.6. The Bertz CT molecular complexity index is 1760. The zero-order chi connectivity index (χ0) is 45.1. The summed E-state index contributed by atoms with van der Waals surface area (Å²) in [6.07, 6.45) is -2.20. The fourth-order valence-corrected chi connectivity index (χ4v) is 6.26. The van der Waals surface area contributed by atoms with Crippen LogP contribution in [-0.2, 0) is 51.2 Å². The van der Waals surface area contributed by atoms with E-state index in [2.05, 4.69) is 31.9 Å². The quantitative estimate of drug-likeness (QED) is 0.0691. The Morgan fingerprint density at radius 3 is 1.60 bits per heavy atom. The maximum Gasteiger partial charge on any atom is 0.326 e. The number of hydrogen-bond donors (Lipinski definition) is 9. The van der Waals surface area contributed by atoms with Crippen LogP contribution in [0.1, 0.15) is 85.3 Å². The van der Waals surface area contributed by atoms with Crippen molar-refractivity contribution in [2.45, 2.75) is 129 Å². The number of aliphatic carboxylic acids is 2. The Kier molecular flexibility index (Phi) is 20.9. The van der Waals surface area contributed by atoms with Gasteiger partial charge < -0.3 is 47.2 Å². The summed E-state index contributed by atoms with van der Waals surface area (Å²) in [5, 5.41) is 45.5. The summed E-state index contributed by atoms with van der Waals surface area (Å²) in [4.78, 5) is 103. The minimum Gasteiger partial charge on any atom is -0.481 e. The van der Waals surface area contributed by atoms with Crippen molar-refractivity contribution in [1.29, 1.82) is 0 Å². The van der Waals surface area contributed by atoms with Crippen molar-refractivity contribution >= 4 is 47.4 Å². The Balaban J connectivity index is 2.09. The number of rotatable bonds is 25. The molecule has 2 aromatic carbocycles. The lowest BCUT2D eigenvalue weighted by Gasteiger charge is -2.29. The average Bonchev–Trinajstić information content (AvgIpc) is 3.16. The zero-order valence-corrected chi connectivity index (χ0v) is 35.4. The molecule has 17 heteroatoms. The molecule has 0 heterocycles. The van der Waals surface area contributed by atoms with Gasteiger partial charge in [0, 0.05) is 12.8 Å². The Morgan fingerprint density at radius 1 is 0.567 bits per heavy atom. The van der Waals surface area contributed by atoms with Crippen LogP contribution in [-0.4, -0.2) is 105 Å². The molecule has 0 unspecified atom stereocenters. The number of aliphatic hydroxyl groups excluding tert-OH is 1. The molecule has 330 valence electrons. The second-order valence-electron chi connectivity index (χ2n) is 16.1. The van der Waals surface area contributed by atoms with E-state index in [9.17, 15) is 53.7 Å². The predicted octanol–water partition coefficient (Wildman–Crippen LogP) is 1.46. The number of nitrogens with one attached hydrogen (secondary N) is 6. The molecule has 0 radical (unpaired) electrons. The Labute approximate surface area is 351 Å². The third-order valence-electron chi connectivity index (χ3n) is 9.58. The Morgan fingerprint density at radius 2 is 1.08 bits per heavy atom. The predicted molar refractivity (Wildman–Crippen MR) is 222 cm³/mol. The van der Waals surface area contributed by atoms with E-state index >= 15 is 0 Å². The zero-order valence-electron chi connectivity index (χ0n) is 35.4. The lowest BCUT2D eigenvalue weighted by atomic mass is 9.96. The molecule has 0 bridgehead atoms. The summed E-state index contributed by atoms with van der Waals surface area (Å²) in [5.74, 6) is -7.77. The first-order valence-corrected chi connectivity index (χ1v) is 20.2. The van der Waals surface area contributed by atoms with Gasteiger partial charge in [0.25, 0.3) is 0 Å². The number of carbonyl (C=O) groups is 8. The van der Waals surface area contributed by atoms with E-state index in [1.807, 2.05) is 44.2 Å². The molecule has 0 saturated heterocycles. The lowest BCUT2D eigenvalue weighted by molar-refractivity contribution is -0.143. The van der Waals surface area contributed by atoms with Gasteiger partial charge in [0.2, 0.25) is 35.4 Å². The smallest absolute Gasteiger partial charge is 0.326 e. The van der Waals surface area contributed by atoms with Gasteiger partial charge in [-0.05, 0) is 48.6 Å². The van der Waals surface area contributed by atoms with Crippen molar-refractivity contribution in [3.05, 3.63) is 71.8 Å². The van der Waals surface area contributed by atoms with Gasteiger partial charge >= 0.3 is 11.9 Å². The minimum absolute atomic E-state index is 0.0754. The van der Waals surface area contributed by atoms with E-state index < -0.39 is 109 Å². The number of carbonyl (C=O) groups excluding carboxylic acids is 6. The molecule has 0 fully saturated rings. The van der Waals surface area contributed by atoms with Crippen LogP contribution in [0.2, 0.25) is 0 Å². The summed E-state index contributed by atoms with van der Waals surface area (Å²) >= 11 is 0. The molecule has 0 aromatic heterocycles. The molecule has 2 aromatic rings. The summed E-state index contributed by atoms with van der Waals surface area (Å²) in [7, 11) is 0. The second-order valence-corrected chi connectivity index (χ2v) is 16.1. The fourth-order valence-electron chi connectivity index (χ4n) is 6.26. The molecule has 7 atom stereocenters. The van der Waals surface area contributed by atoms with E-state index in [1.54, 1.807) is 58.0 Å². The summed E-state index contributed by atoms with van der Waals surface area (Å²) < 4.78 is 0. The molecule has 0 aliphatic heterocycles. The highest BCUT2D eigenvalue weighted by Gasteiger charge is 2.34. The van der Waals surface area contributed by atoms with E-state index in [0.717, 1.165) is 5.56 Å². The van der Waals surface area contributed by atoms with Crippen LogP contribution in [0.5, 0.6) is 0 Å². The lowest BCUT2D eigenvalue weighted by Crippen LogP contribution is -2.60. The molecule has 0 aliphatic rings. The van der Waals surface area contributed by atoms with Crippen LogP contribution in [0.3, 0.4) is 0 Å². The normalized spacial score (nSPS) is 14.7. The molecule has 0 saturated carbocycles. The van der Waals surface area contributed by atoms with Crippen LogP contribution in [0.25, 0.3) is 0 Å². The topological polar surface area (TPSA) is 269 Å². The summed E-state index contributed by atoms with van der Waals surface area (Å²) in [6, 6.07) is 10.3. The molecule has 0 spiro atoms. The highest BCUT2D eigenvalue weighted by Crippen LogP contribution is 2.14. The van der Waals surface area contributed by atoms with Crippen LogP contribution in [0.15, 0.2) is 60.7 Å². The van der Waals surface area contributed by atoms with Crippen molar-refractivity contribution in [3.8, 4) is 0 Å². The van der Waals surface area contributed by atoms with E-state index in [-0.39, 0.29) is 31.1 Å². The first kappa shape index (κ1) is 50.3. The fraction of sp³-hybridized carbons (Fsp3) is 0.535. The van der Waals surface area contributed by atoms with Gasteiger partial charge in [0.1, 0.15) is 30.2 Å². The van der Waals surface area contributed by atoms with E-state index in [4.69, 9.17) is 0 Å². The average molecular weight is 839 g/mol. The molecule has 0 aliphatic carbocycles. The highest BCUT2D eigenvalue weighted by molar-refractivity contribution is 5.96. The van der Waals surface area contributed by atoms with Gasteiger partial charge in [-0.2, -0.15) is 0 Å². The molecule has 2 rings (SSSR count). The van der Waals surface area contributed by atoms with Gasteiger partial charge in [-0.25, -0.2) is 4.79 Å². The standard InChI is InChI=1S/C43H62N6O11/c1-24(2)20-31(45-34(51)22-29-16-12-9-13-17-29)33(50)23-35(52)48-37(25(3)4)42(58)49-38(26(5)6)41(57)44-27(7)39(55)46-30(18-19-36(53)54)40(56)47-32(43(59)60)21-28-14-10-8-11-15-28/h8-17,24-27,30-33,37-38,50H,18-23H2,1-7H3,(H,44,57)(H,45,51)(H,46,55)(H,47,56)(H,48,52)(H,49,58)(H,53,54)(H,59,60)/t27-,30-,31-,32-,33-,37-,38-/m0/s1. The van der Waals surface area contributed by atoms with Gasteiger partial charge in [-0.3, -0.25) is 33.6 Å². The largest absolute Gasteiger partial charge is 0.481 e. The Hall–Kier alpha value is -5.84. The van der Waals surface area contributed by atoms with Gasteiger partial charge in [-0.15, -0.1) is 0 Å². The number of hydrogen-bond acceptors (Lipinski definition) is 9. The summed E-state index contributed by atoms with van der Waals surface area (Å²) in [6.45, 7) is 11.8. The second kappa shape index (κ2) is 24.9. The van der Waals surface area contributed by atoms with Gasteiger partial charge in [0.15, 0.2) is 0 Å². The van der Waals surface area contributed by atoms with Crippen LogP contribution in [0.4, 0.5) is 0 Å². The first-order valence-electron chi connectivity index (χ1n) is 20.2. The maximum absolute atomic E-state index is 13.6. The van der Waals surface area contributed by atoms with Crippen molar-refractivity contribution in [2.75, 3.05) is 0 Å². The molecular weight excluding hydrogens is 777 g/mol. The van der Waals surface area contributed by atoms with Gasteiger partial charge in [0.05, 0.1) is 25.0 Å². The number of carboxylic acids is 2. The van der Waals surface area contributed by atoms with Crippen LogP contribution < -0.4 is 31.9 Å². The van der Waals surface area contributed by atoms with Crippen LogP contribution in [0, 0.1) is 17.8 Å². The summed E-state index contributed by atoms with van der Waals surface area (Å²) in [5.41, 5.74) is 1.41. The highest BCUT2D eigenvalue weighted by atomic mass is 16.4. The number of benzene rings is 2. The van der Waals surface area contributed by atoms with Crippen molar-refractivity contribution in [1.82, 2.24) is 31.9 Å². The monoisotopic (exact) mass is 838 g/mol. The number of amides is 6. The molecule has 60 heavy (non-hydrogen) atoms.